The third-order valence-corrected chi connectivity index (χ3v) is 4.88. The topological polar surface area (TPSA) is 6.48 Å². The van der Waals surface area contributed by atoms with Crippen LogP contribution in [0, 0.1) is 5.41 Å². The van der Waals surface area contributed by atoms with E-state index in [1.54, 1.807) is 0 Å². The third kappa shape index (κ3) is 3.26. The van der Waals surface area contributed by atoms with Crippen molar-refractivity contribution in [3.05, 3.63) is 0 Å². The van der Waals surface area contributed by atoms with Crippen molar-refractivity contribution in [2.24, 2.45) is 5.41 Å². The minimum atomic E-state index is 0.593. The first-order valence-electron chi connectivity index (χ1n) is 7.39. The monoisotopic (exact) mass is 234 g/mol. The molecule has 0 bridgehead atoms. The van der Waals surface area contributed by atoms with Crippen molar-refractivity contribution in [2.75, 3.05) is 26.2 Å². The fourth-order valence-corrected chi connectivity index (χ4v) is 3.63. The molecule has 0 aromatic rings. The van der Waals surface area contributed by atoms with Crippen molar-refractivity contribution in [2.45, 2.75) is 58.4 Å². The van der Waals surface area contributed by atoms with E-state index in [0.717, 1.165) is 19.1 Å². The molecule has 2 saturated heterocycles. The Bertz CT molecular complexity index is 236. The molecule has 17 heavy (non-hydrogen) atoms. The van der Waals surface area contributed by atoms with Crippen LogP contribution in [0.25, 0.3) is 0 Å². The smallest absolute Gasteiger partial charge is 0.182 e. The molecule has 2 heterocycles. The molecule has 0 saturated carbocycles. The van der Waals surface area contributed by atoms with Crippen LogP contribution in [0.4, 0.5) is 0 Å². The first-order valence-corrected chi connectivity index (χ1v) is 7.39. The summed E-state index contributed by atoms with van der Waals surface area (Å²) < 4.78 is 0. The quantitative estimate of drug-likeness (QED) is 0.692. The molecule has 0 N–H and O–H groups in total. The first kappa shape index (κ1) is 13.4. The lowest BCUT2D eigenvalue weighted by atomic mass is 9.71. The summed E-state index contributed by atoms with van der Waals surface area (Å²) in [5, 5.41) is 0. The Labute approximate surface area is 108 Å². The molecular formula is C14H27BN2. The standard InChI is InChI=1S/C14H27BN2/c1-3-5-13(2)16-9-4-6-14(12-16)7-10-17(15)11-8-14/h13H,3-12H2,1-2H3. The van der Waals surface area contributed by atoms with Gasteiger partial charge in [0, 0.05) is 12.6 Å². The summed E-state index contributed by atoms with van der Waals surface area (Å²) in [6.45, 7) is 9.52. The van der Waals surface area contributed by atoms with Crippen molar-refractivity contribution < 1.29 is 0 Å². The summed E-state index contributed by atoms with van der Waals surface area (Å²) in [7, 11) is 5.89. The van der Waals surface area contributed by atoms with Gasteiger partial charge in [0.15, 0.2) is 7.98 Å². The highest BCUT2D eigenvalue weighted by atomic mass is 15.2. The maximum absolute atomic E-state index is 5.89. The van der Waals surface area contributed by atoms with Crippen molar-refractivity contribution in [1.82, 2.24) is 9.71 Å². The van der Waals surface area contributed by atoms with Crippen molar-refractivity contribution in [3.8, 4) is 0 Å². The van der Waals surface area contributed by atoms with Gasteiger partial charge in [0.05, 0.1) is 0 Å². The lowest BCUT2D eigenvalue weighted by Crippen LogP contribution is -2.51. The average Bonchev–Trinajstić information content (AvgIpc) is 2.34. The molecule has 2 nitrogen and oxygen atoms in total. The van der Waals surface area contributed by atoms with Gasteiger partial charge in [-0.2, -0.15) is 0 Å². The molecule has 2 aliphatic heterocycles. The van der Waals surface area contributed by atoms with E-state index < -0.39 is 0 Å². The van der Waals surface area contributed by atoms with Crippen LogP contribution in [0.3, 0.4) is 0 Å². The van der Waals surface area contributed by atoms with Crippen molar-refractivity contribution in [3.63, 3.8) is 0 Å². The number of likely N-dealkylation sites (tertiary alicyclic amines) is 1. The van der Waals surface area contributed by atoms with E-state index in [-0.39, 0.29) is 0 Å². The zero-order valence-electron chi connectivity index (χ0n) is 11.6. The predicted octanol–water partition coefficient (Wildman–Crippen LogP) is 2.44. The molecule has 96 valence electrons. The van der Waals surface area contributed by atoms with Crippen molar-refractivity contribution in [1.29, 1.82) is 0 Å². The molecule has 1 atom stereocenters. The number of hydrogen-bond donors (Lipinski definition) is 0. The number of hydrogen-bond acceptors (Lipinski definition) is 2. The Balaban J connectivity index is 1.92. The van der Waals surface area contributed by atoms with E-state index in [1.165, 1.54) is 51.6 Å². The molecular weight excluding hydrogens is 207 g/mol. The molecule has 2 aliphatic rings. The molecule has 0 aromatic carbocycles. The van der Waals surface area contributed by atoms with Gasteiger partial charge in [0.1, 0.15) is 0 Å². The maximum atomic E-state index is 5.89. The summed E-state index contributed by atoms with van der Waals surface area (Å²) in [6, 6.07) is 0.771. The SMILES string of the molecule is [B]N1CCC2(CCCN(C(C)CCC)C2)CC1. The average molecular weight is 234 g/mol. The molecule has 2 fully saturated rings. The molecule has 0 amide bonds. The van der Waals surface area contributed by atoms with E-state index in [2.05, 4.69) is 18.7 Å². The summed E-state index contributed by atoms with van der Waals surface area (Å²) in [4.78, 5) is 4.73. The zero-order chi connectivity index (χ0) is 12.3. The summed E-state index contributed by atoms with van der Waals surface area (Å²) in [6.07, 6.45) is 8.08. The van der Waals surface area contributed by atoms with Crippen LogP contribution in [0.2, 0.25) is 0 Å². The minimum Gasteiger partial charge on any atom is -0.353 e. The lowest BCUT2D eigenvalue weighted by Gasteiger charge is -2.49. The van der Waals surface area contributed by atoms with E-state index in [4.69, 9.17) is 7.98 Å². The second-order valence-corrected chi connectivity index (χ2v) is 6.25. The molecule has 3 heteroatoms. The van der Waals surface area contributed by atoms with Crippen molar-refractivity contribution >= 4 is 7.98 Å². The van der Waals surface area contributed by atoms with Gasteiger partial charge in [-0.1, -0.05) is 13.3 Å². The van der Waals surface area contributed by atoms with Gasteiger partial charge in [-0.05, 0) is 64.1 Å². The van der Waals surface area contributed by atoms with E-state index in [1.807, 2.05) is 4.81 Å². The second-order valence-electron chi connectivity index (χ2n) is 6.25. The number of piperidine rings is 2. The van der Waals surface area contributed by atoms with Crippen LogP contribution in [-0.2, 0) is 0 Å². The normalized spacial score (nSPS) is 28.4. The molecule has 2 rings (SSSR count). The van der Waals surface area contributed by atoms with Crippen LogP contribution >= 0.6 is 0 Å². The number of rotatable bonds is 3. The van der Waals surface area contributed by atoms with Gasteiger partial charge in [-0.3, -0.25) is 0 Å². The van der Waals surface area contributed by atoms with Crippen LogP contribution in [-0.4, -0.2) is 49.9 Å². The number of nitrogens with zero attached hydrogens (tertiary/aromatic N) is 2. The highest BCUT2D eigenvalue weighted by Crippen LogP contribution is 2.40. The van der Waals surface area contributed by atoms with Crippen LogP contribution in [0.1, 0.15) is 52.4 Å². The molecule has 1 unspecified atom stereocenters. The van der Waals surface area contributed by atoms with Crippen LogP contribution in [0.15, 0.2) is 0 Å². The Hall–Kier alpha value is -0.0151. The van der Waals surface area contributed by atoms with E-state index >= 15 is 0 Å². The molecule has 0 aliphatic carbocycles. The summed E-state index contributed by atoms with van der Waals surface area (Å²) in [5.74, 6) is 0. The summed E-state index contributed by atoms with van der Waals surface area (Å²) in [5.41, 5.74) is 0.593. The largest absolute Gasteiger partial charge is 0.353 e. The first-order chi connectivity index (χ1) is 8.15. The fraction of sp³-hybridized carbons (Fsp3) is 1.00. The van der Waals surface area contributed by atoms with E-state index in [0.29, 0.717) is 5.41 Å². The fourth-order valence-electron chi connectivity index (χ4n) is 3.63. The lowest BCUT2D eigenvalue weighted by molar-refractivity contribution is 0.0226. The van der Waals surface area contributed by atoms with E-state index in [9.17, 15) is 0 Å². The molecule has 1 spiro atoms. The Kier molecular flexibility index (Phi) is 4.54. The zero-order valence-corrected chi connectivity index (χ0v) is 11.6. The van der Waals surface area contributed by atoms with Crippen LogP contribution < -0.4 is 0 Å². The van der Waals surface area contributed by atoms with Gasteiger partial charge in [-0.25, -0.2) is 0 Å². The predicted molar refractivity (Wildman–Crippen MR) is 74.2 cm³/mol. The molecule has 0 aromatic heterocycles. The Morgan fingerprint density at radius 3 is 2.53 bits per heavy atom. The third-order valence-electron chi connectivity index (χ3n) is 4.88. The Morgan fingerprint density at radius 1 is 1.18 bits per heavy atom. The minimum absolute atomic E-state index is 0.593. The van der Waals surface area contributed by atoms with Crippen LogP contribution in [0.5, 0.6) is 0 Å². The molecule has 2 radical (unpaired) electrons. The highest BCUT2D eigenvalue weighted by molar-refractivity contribution is 6.04. The van der Waals surface area contributed by atoms with Gasteiger partial charge in [-0.15, -0.1) is 0 Å². The van der Waals surface area contributed by atoms with Gasteiger partial charge < -0.3 is 9.71 Å². The van der Waals surface area contributed by atoms with Gasteiger partial charge in [0.2, 0.25) is 0 Å². The van der Waals surface area contributed by atoms with Gasteiger partial charge >= 0.3 is 0 Å². The van der Waals surface area contributed by atoms with Gasteiger partial charge in [0.25, 0.3) is 0 Å². The summed E-state index contributed by atoms with van der Waals surface area (Å²) >= 11 is 0. The second kappa shape index (κ2) is 5.75. The highest BCUT2D eigenvalue weighted by Gasteiger charge is 2.38. The maximum Gasteiger partial charge on any atom is 0.182 e. The Morgan fingerprint density at radius 2 is 1.88 bits per heavy atom.